The Hall–Kier alpha value is -1.60. The maximum atomic E-state index is 5.07. The lowest BCUT2D eigenvalue weighted by Gasteiger charge is -2.01. The molecule has 6 heteroatoms. The first-order valence-electron chi connectivity index (χ1n) is 12.6. The molecule has 178 valence electrons. The maximum absolute atomic E-state index is 5.07. The lowest BCUT2D eigenvalue weighted by Crippen LogP contribution is -1.86. The minimum absolute atomic E-state index is 1.11. The van der Waals surface area contributed by atoms with Gasteiger partial charge in [0, 0.05) is 0 Å². The number of benzene rings is 1. The Morgan fingerprint density at radius 1 is 0.618 bits per heavy atom. The fourth-order valence-electron chi connectivity index (χ4n) is 4.47. The topological polar surface area (TPSA) is 25.8 Å². The van der Waals surface area contributed by atoms with E-state index in [1.165, 1.54) is 91.7 Å². The highest BCUT2D eigenvalue weighted by molar-refractivity contribution is 7.26. The first kappa shape index (κ1) is 24.1. The predicted molar refractivity (Wildman–Crippen MR) is 155 cm³/mol. The largest absolute Gasteiger partial charge is 0.235 e. The summed E-state index contributed by atoms with van der Waals surface area (Å²) in [5.74, 6) is 0. The summed E-state index contributed by atoms with van der Waals surface area (Å²) in [5, 5.41) is 6.79. The Morgan fingerprint density at radius 2 is 1.09 bits per heavy atom. The zero-order valence-corrected chi connectivity index (χ0v) is 23.3. The maximum Gasteiger partial charge on any atom is 0.134 e. The van der Waals surface area contributed by atoms with Gasteiger partial charge in [0.1, 0.15) is 10.0 Å². The molecule has 4 heterocycles. The average molecular weight is 525 g/mol. The standard InChI is InChI=1S/C28H32N2S4/c1-3-5-7-9-11-19-13-15-31-25(19)27-29-21-17-24-22(18-23(21)33-27)30-28(34-24)26-20(14-16-32-26)12-10-8-6-4-2/h13-18H,3-12H2,1-2H3. The number of nitrogens with zero attached hydrogens (tertiary/aromatic N) is 2. The van der Waals surface area contributed by atoms with Gasteiger partial charge >= 0.3 is 0 Å². The smallest absolute Gasteiger partial charge is 0.134 e. The van der Waals surface area contributed by atoms with Gasteiger partial charge in [0.05, 0.1) is 30.2 Å². The quantitative estimate of drug-likeness (QED) is 0.152. The second-order valence-corrected chi connectivity index (χ2v) is 12.9. The molecule has 5 rings (SSSR count). The average Bonchev–Trinajstić information content (AvgIpc) is 3.62. The normalized spacial score (nSPS) is 11.8. The number of rotatable bonds is 12. The van der Waals surface area contributed by atoms with Gasteiger partial charge in [0.2, 0.25) is 0 Å². The monoisotopic (exact) mass is 524 g/mol. The van der Waals surface area contributed by atoms with Gasteiger partial charge in [-0.2, -0.15) is 0 Å². The number of thiazole rings is 2. The number of fused-ring (bicyclic) bond motifs is 2. The SMILES string of the molecule is CCCCCCc1ccsc1-c1nc2cc3sc(-c4sccc4CCCCCC)nc3cc2s1. The number of thiophene rings is 2. The van der Waals surface area contributed by atoms with E-state index in [9.17, 15) is 0 Å². The van der Waals surface area contributed by atoms with Crippen molar-refractivity contribution < 1.29 is 0 Å². The molecule has 0 amide bonds. The van der Waals surface area contributed by atoms with Crippen molar-refractivity contribution >= 4 is 65.8 Å². The van der Waals surface area contributed by atoms with Crippen LogP contribution >= 0.6 is 45.3 Å². The third-order valence-electron chi connectivity index (χ3n) is 6.38. The van der Waals surface area contributed by atoms with E-state index in [1.54, 1.807) is 0 Å². The third-order valence-corrected chi connectivity index (χ3v) is 10.6. The fraction of sp³-hybridized carbons (Fsp3) is 0.429. The molecule has 0 aliphatic carbocycles. The van der Waals surface area contributed by atoms with Gasteiger partial charge in [0.25, 0.3) is 0 Å². The van der Waals surface area contributed by atoms with Gasteiger partial charge < -0.3 is 0 Å². The fourth-order valence-corrected chi connectivity index (χ4v) is 8.59. The van der Waals surface area contributed by atoms with Crippen LogP contribution < -0.4 is 0 Å². The number of aryl methyl sites for hydroxylation is 2. The Kier molecular flexibility index (Phi) is 8.10. The molecule has 0 saturated carbocycles. The summed E-state index contributed by atoms with van der Waals surface area (Å²) in [6.45, 7) is 4.54. The Labute approximate surface area is 218 Å². The molecule has 0 fully saturated rings. The molecule has 0 N–H and O–H groups in total. The second kappa shape index (κ2) is 11.4. The molecule has 0 bridgehead atoms. The summed E-state index contributed by atoms with van der Waals surface area (Å²) in [4.78, 5) is 12.9. The minimum atomic E-state index is 1.11. The Bertz CT molecular complexity index is 1200. The first-order valence-corrected chi connectivity index (χ1v) is 16.0. The summed E-state index contributed by atoms with van der Waals surface area (Å²) in [5.41, 5.74) is 5.15. The minimum Gasteiger partial charge on any atom is -0.235 e. The summed E-state index contributed by atoms with van der Waals surface area (Å²) < 4.78 is 2.49. The molecule has 0 atom stereocenters. The third kappa shape index (κ3) is 5.30. The molecule has 0 radical (unpaired) electrons. The van der Waals surface area contributed by atoms with E-state index < -0.39 is 0 Å². The molecule has 2 nitrogen and oxygen atoms in total. The van der Waals surface area contributed by atoms with Crippen LogP contribution in [0.5, 0.6) is 0 Å². The highest BCUT2D eigenvalue weighted by atomic mass is 32.1. The van der Waals surface area contributed by atoms with Crippen LogP contribution in [0.15, 0.2) is 35.0 Å². The predicted octanol–water partition coefficient (Wildman–Crippen LogP) is 10.6. The van der Waals surface area contributed by atoms with Gasteiger partial charge in [-0.05, 0) is 71.8 Å². The van der Waals surface area contributed by atoms with Crippen molar-refractivity contribution in [2.75, 3.05) is 0 Å². The van der Waals surface area contributed by atoms with Crippen LogP contribution in [-0.2, 0) is 12.8 Å². The van der Waals surface area contributed by atoms with Crippen LogP contribution in [0, 0.1) is 0 Å². The van der Waals surface area contributed by atoms with Gasteiger partial charge in [-0.3, -0.25) is 0 Å². The lowest BCUT2D eigenvalue weighted by atomic mass is 10.1. The molecular formula is C28H32N2S4. The van der Waals surface area contributed by atoms with E-state index in [2.05, 4.69) is 48.9 Å². The zero-order valence-electron chi connectivity index (χ0n) is 20.1. The van der Waals surface area contributed by atoms with Crippen molar-refractivity contribution in [1.82, 2.24) is 9.97 Å². The summed E-state index contributed by atoms with van der Waals surface area (Å²) >= 11 is 7.31. The van der Waals surface area contributed by atoms with Crippen molar-refractivity contribution in [3.8, 4) is 19.8 Å². The van der Waals surface area contributed by atoms with Crippen molar-refractivity contribution in [2.45, 2.75) is 78.1 Å². The molecule has 0 unspecified atom stereocenters. The van der Waals surface area contributed by atoms with Crippen LogP contribution in [0.2, 0.25) is 0 Å². The molecule has 1 aromatic carbocycles. The highest BCUT2D eigenvalue weighted by Crippen LogP contribution is 2.41. The van der Waals surface area contributed by atoms with Crippen molar-refractivity contribution in [2.24, 2.45) is 0 Å². The highest BCUT2D eigenvalue weighted by Gasteiger charge is 2.16. The van der Waals surface area contributed by atoms with Gasteiger partial charge in [-0.1, -0.05) is 52.4 Å². The molecule has 0 aliphatic heterocycles. The number of aromatic nitrogens is 2. The van der Waals surface area contributed by atoms with Crippen LogP contribution in [0.3, 0.4) is 0 Å². The molecule has 5 aromatic rings. The first-order chi connectivity index (χ1) is 16.8. The number of hydrogen-bond acceptors (Lipinski definition) is 6. The molecule has 0 aliphatic rings. The van der Waals surface area contributed by atoms with Crippen molar-refractivity contribution in [3.63, 3.8) is 0 Å². The second-order valence-electron chi connectivity index (χ2n) is 9.00. The molecule has 0 spiro atoms. The van der Waals surface area contributed by atoms with E-state index in [-0.39, 0.29) is 0 Å². The van der Waals surface area contributed by atoms with Gasteiger partial charge in [-0.25, -0.2) is 9.97 Å². The van der Waals surface area contributed by atoms with Crippen molar-refractivity contribution in [1.29, 1.82) is 0 Å². The number of unbranched alkanes of at least 4 members (excludes halogenated alkanes) is 6. The van der Waals surface area contributed by atoms with Crippen molar-refractivity contribution in [3.05, 3.63) is 46.2 Å². The van der Waals surface area contributed by atoms with Crippen LogP contribution in [0.4, 0.5) is 0 Å². The Morgan fingerprint density at radius 3 is 1.53 bits per heavy atom. The zero-order chi connectivity index (χ0) is 23.3. The molecular weight excluding hydrogens is 493 g/mol. The summed E-state index contributed by atoms with van der Waals surface area (Å²) in [7, 11) is 0. The lowest BCUT2D eigenvalue weighted by molar-refractivity contribution is 0.668. The van der Waals surface area contributed by atoms with Crippen LogP contribution in [0.1, 0.15) is 76.3 Å². The number of hydrogen-bond donors (Lipinski definition) is 0. The van der Waals surface area contributed by atoms with Gasteiger partial charge in [-0.15, -0.1) is 45.3 Å². The van der Waals surface area contributed by atoms with Gasteiger partial charge in [0.15, 0.2) is 0 Å². The summed E-state index contributed by atoms with van der Waals surface area (Å²) in [6.07, 6.45) is 12.7. The molecule has 4 aromatic heterocycles. The van der Waals surface area contributed by atoms with Crippen LogP contribution in [0.25, 0.3) is 40.2 Å². The molecule has 0 saturated heterocycles. The van der Waals surface area contributed by atoms with E-state index in [4.69, 9.17) is 9.97 Å². The molecule has 34 heavy (non-hydrogen) atoms. The van der Waals surface area contributed by atoms with E-state index in [0.29, 0.717) is 0 Å². The van der Waals surface area contributed by atoms with E-state index in [0.717, 1.165) is 23.9 Å². The van der Waals surface area contributed by atoms with E-state index >= 15 is 0 Å². The summed E-state index contributed by atoms with van der Waals surface area (Å²) in [6, 6.07) is 9.11. The van der Waals surface area contributed by atoms with Crippen LogP contribution in [-0.4, -0.2) is 9.97 Å². The van der Waals surface area contributed by atoms with E-state index in [1.807, 2.05) is 45.3 Å². The Balaban J connectivity index is 1.38.